The fourth-order valence-corrected chi connectivity index (χ4v) is 3.27. The molecule has 116 valence electrons. The molecule has 3 nitrogen and oxygen atoms in total. The van der Waals surface area contributed by atoms with Crippen molar-refractivity contribution >= 4 is 17.2 Å². The monoisotopic (exact) mass is 322 g/mol. The topological polar surface area (TPSA) is 42.0 Å². The summed E-state index contributed by atoms with van der Waals surface area (Å²) in [7, 11) is 0. The van der Waals surface area contributed by atoms with Gasteiger partial charge < -0.3 is 5.32 Å². The van der Waals surface area contributed by atoms with Crippen LogP contribution >= 0.6 is 11.3 Å². The maximum Gasteiger partial charge on any atom is 0.251 e. The number of carbonyl (C=O) groups excluding carboxylic acids is 1. The molecule has 0 spiro atoms. The lowest BCUT2D eigenvalue weighted by Crippen LogP contribution is -2.25. The van der Waals surface area contributed by atoms with Crippen LogP contribution in [-0.4, -0.2) is 17.4 Å². The summed E-state index contributed by atoms with van der Waals surface area (Å²) in [6.45, 7) is 0.603. The number of hydrogen-bond donors (Lipinski definition) is 1. The number of aromatic nitrogens is 1. The van der Waals surface area contributed by atoms with Gasteiger partial charge in [-0.2, -0.15) is 0 Å². The summed E-state index contributed by atoms with van der Waals surface area (Å²) in [6, 6.07) is 19.6. The lowest BCUT2D eigenvalue weighted by Gasteiger charge is -2.03. The number of hydrogen-bond acceptors (Lipinski definition) is 3. The minimum absolute atomic E-state index is 0.0355. The number of amides is 1. The summed E-state index contributed by atoms with van der Waals surface area (Å²) in [5.74, 6) is -0.0355. The van der Waals surface area contributed by atoms with Gasteiger partial charge in [0.15, 0.2) is 0 Å². The molecule has 1 N–H and O–H groups in total. The molecule has 0 radical (unpaired) electrons. The fraction of sp³-hybridized carbons (Fsp3) is 0.158. The van der Waals surface area contributed by atoms with E-state index in [0.717, 1.165) is 17.8 Å². The van der Waals surface area contributed by atoms with E-state index >= 15 is 0 Å². The number of nitrogens with zero attached hydrogens (tertiary/aromatic N) is 1. The average molecular weight is 322 g/mol. The number of nitrogens with one attached hydrogen (secondary N) is 1. The molecule has 3 rings (SSSR count). The Labute approximate surface area is 140 Å². The van der Waals surface area contributed by atoms with Crippen LogP contribution in [0.5, 0.6) is 0 Å². The Morgan fingerprint density at radius 3 is 2.43 bits per heavy atom. The van der Waals surface area contributed by atoms with Crippen LogP contribution in [0.4, 0.5) is 0 Å². The van der Waals surface area contributed by atoms with Gasteiger partial charge in [0.2, 0.25) is 0 Å². The predicted octanol–water partition coefficient (Wildman–Crippen LogP) is 3.71. The molecular formula is C19H18N2OS. The van der Waals surface area contributed by atoms with Crippen molar-refractivity contribution in [3.8, 4) is 0 Å². The highest BCUT2D eigenvalue weighted by Gasteiger charge is 2.06. The molecule has 1 heterocycles. The van der Waals surface area contributed by atoms with Crippen molar-refractivity contribution < 1.29 is 4.79 Å². The highest BCUT2D eigenvalue weighted by atomic mass is 32.1. The zero-order valence-electron chi connectivity index (χ0n) is 12.7. The minimum atomic E-state index is -0.0355. The first-order valence-corrected chi connectivity index (χ1v) is 8.43. The van der Waals surface area contributed by atoms with Crippen LogP contribution in [-0.2, 0) is 12.8 Å². The maximum absolute atomic E-state index is 12.0. The smallest absolute Gasteiger partial charge is 0.251 e. The normalized spacial score (nSPS) is 10.4. The third-order valence-corrected chi connectivity index (χ3v) is 4.54. The Balaban J connectivity index is 1.49. The SMILES string of the molecule is O=C(NCCc1ncc(Cc2ccccc2)s1)c1ccccc1. The van der Waals surface area contributed by atoms with Crippen LogP contribution in [0.15, 0.2) is 66.9 Å². The van der Waals surface area contributed by atoms with Crippen LogP contribution in [0.3, 0.4) is 0 Å². The highest BCUT2D eigenvalue weighted by Crippen LogP contribution is 2.17. The first-order valence-electron chi connectivity index (χ1n) is 7.62. The van der Waals surface area contributed by atoms with E-state index in [1.54, 1.807) is 11.3 Å². The van der Waals surface area contributed by atoms with Gasteiger partial charge >= 0.3 is 0 Å². The van der Waals surface area contributed by atoms with Crippen molar-refractivity contribution in [1.29, 1.82) is 0 Å². The standard InChI is InChI=1S/C19H18N2OS/c22-19(16-9-5-2-6-10-16)20-12-11-18-21-14-17(23-18)13-15-7-3-1-4-8-15/h1-10,14H,11-13H2,(H,20,22). The lowest BCUT2D eigenvalue weighted by molar-refractivity contribution is 0.0954. The number of thiazole rings is 1. The molecule has 23 heavy (non-hydrogen) atoms. The second-order valence-electron chi connectivity index (χ2n) is 5.25. The molecular weight excluding hydrogens is 304 g/mol. The number of rotatable bonds is 6. The van der Waals surface area contributed by atoms with Crippen LogP contribution in [0.25, 0.3) is 0 Å². The molecule has 0 atom stereocenters. The fourth-order valence-electron chi connectivity index (χ4n) is 2.32. The van der Waals surface area contributed by atoms with Crippen molar-refractivity contribution in [2.45, 2.75) is 12.8 Å². The van der Waals surface area contributed by atoms with Gasteiger partial charge in [0.25, 0.3) is 5.91 Å². The van der Waals surface area contributed by atoms with E-state index in [1.807, 2.05) is 42.6 Å². The molecule has 2 aromatic carbocycles. The van der Waals surface area contributed by atoms with E-state index in [-0.39, 0.29) is 5.91 Å². The van der Waals surface area contributed by atoms with Gasteiger partial charge in [0, 0.05) is 36.0 Å². The Kier molecular flexibility index (Phi) is 5.17. The molecule has 3 aromatic rings. The first-order chi connectivity index (χ1) is 11.3. The van der Waals surface area contributed by atoms with Crippen LogP contribution in [0.1, 0.15) is 25.8 Å². The minimum Gasteiger partial charge on any atom is -0.352 e. The molecule has 0 saturated heterocycles. The van der Waals surface area contributed by atoms with Crippen molar-refractivity contribution in [2.24, 2.45) is 0 Å². The maximum atomic E-state index is 12.0. The summed E-state index contributed by atoms with van der Waals surface area (Å²) in [5.41, 5.74) is 1.98. The second-order valence-corrected chi connectivity index (χ2v) is 6.45. The Bertz CT molecular complexity index is 753. The molecule has 0 bridgehead atoms. The molecule has 0 saturated carbocycles. The van der Waals surface area contributed by atoms with Gasteiger partial charge in [-0.1, -0.05) is 48.5 Å². The molecule has 0 aliphatic heterocycles. The molecule has 0 unspecified atom stereocenters. The zero-order valence-corrected chi connectivity index (χ0v) is 13.6. The first kappa shape index (κ1) is 15.4. The highest BCUT2D eigenvalue weighted by molar-refractivity contribution is 7.11. The van der Waals surface area contributed by atoms with Crippen molar-refractivity contribution in [3.05, 3.63) is 87.9 Å². The van der Waals surface area contributed by atoms with Crippen molar-refractivity contribution in [3.63, 3.8) is 0 Å². The summed E-state index contributed by atoms with van der Waals surface area (Å²) in [4.78, 5) is 17.7. The van der Waals surface area contributed by atoms with E-state index in [9.17, 15) is 4.79 Å². The number of benzene rings is 2. The summed E-state index contributed by atoms with van der Waals surface area (Å²) < 4.78 is 0. The molecule has 4 heteroatoms. The van der Waals surface area contributed by atoms with Crippen LogP contribution < -0.4 is 5.32 Å². The Morgan fingerprint density at radius 1 is 1.00 bits per heavy atom. The van der Waals surface area contributed by atoms with Gasteiger partial charge in [-0.25, -0.2) is 4.98 Å². The number of carbonyl (C=O) groups is 1. The lowest BCUT2D eigenvalue weighted by atomic mass is 10.1. The zero-order chi connectivity index (χ0) is 15.9. The second kappa shape index (κ2) is 7.70. The van der Waals surface area contributed by atoms with E-state index in [4.69, 9.17) is 0 Å². The van der Waals surface area contributed by atoms with E-state index < -0.39 is 0 Å². The molecule has 0 aliphatic carbocycles. The quantitative estimate of drug-likeness (QED) is 0.752. The van der Waals surface area contributed by atoms with Crippen molar-refractivity contribution in [1.82, 2.24) is 10.3 Å². The van der Waals surface area contributed by atoms with Gasteiger partial charge in [-0.05, 0) is 17.7 Å². The van der Waals surface area contributed by atoms with Gasteiger partial charge in [0.1, 0.15) is 0 Å². The largest absolute Gasteiger partial charge is 0.352 e. The van der Waals surface area contributed by atoms with Gasteiger partial charge in [0.05, 0.1) is 5.01 Å². The Hall–Kier alpha value is -2.46. The van der Waals surface area contributed by atoms with Crippen LogP contribution in [0, 0.1) is 0 Å². The van der Waals surface area contributed by atoms with Gasteiger partial charge in [-0.3, -0.25) is 4.79 Å². The van der Waals surface area contributed by atoms with Crippen LogP contribution in [0.2, 0.25) is 0 Å². The molecule has 0 aliphatic rings. The van der Waals surface area contributed by atoms with E-state index in [1.165, 1.54) is 10.4 Å². The molecule has 0 fully saturated rings. The third kappa shape index (κ3) is 4.50. The van der Waals surface area contributed by atoms with Crippen molar-refractivity contribution in [2.75, 3.05) is 6.54 Å². The van der Waals surface area contributed by atoms with Gasteiger partial charge in [-0.15, -0.1) is 11.3 Å². The Morgan fingerprint density at radius 2 is 1.70 bits per heavy atom. The summed E-state index contributed by atoms with van der Waals surface area (Å²) in [6.07, 6.45) is 3.61. The predicted molar refractivity (Wildman–Crippen MR) is 93.8 cm³/mol. The summed E-state index contributed by atoms with van der Waals surface area (Å²) >= 11 is 1.71. The third-order valence-electron chi connectivity index (χ3n) is 3.48. The molecule has 1 amide bonds. The average Bonchev–Trinajstić information content (AvgIpc) is 3.04. The summed E-state index contributed by atoms with van der Waals surface area (Å²) in [5, 5.41) is 3.99. The molecule has 1 aromatic heterocycles. The van der Waals surface area contributed by atoms with E-state index in [2.05, 4.69) is 34.6 Å². The van der Waals surface area contributed by atoms with E-state index in [0.29, 0.717) is 12.1 Å².